The summed E-state index contributed by atoms with van der Waals surface area (Å²) in [4.78, 5) is 33.5. The first-order valence-corrected chi connectivity index (χ1v) is 10.7. The van der Waals surface area contributed by atoms with Gasteiger partial charge in [0.25, 0.3) is 5.91 Å². The lowest BCUT2D eigenvalue weighted by molar-refractivity contribution is -0.145. The van der Waals surface area contributed by atoms with Gasteiger partial charge in [0.05, 0.1) is 12.8 Å². The number of halogens is 4. The van der Waals surface area contributed by atoms with Crippen molar-refractivity contribution in [2.45, 2.75) is 51.9 Å². The second-order valence-corrected chi connectivity index (χ2v) is 7.90. The van der Waals surface area contributed by atoms with Crippen molar-refractivity contribution < 1.29 is 36.6 Å². The molecule has 0 spiro atoms. The van der Waals surface area contributed by atoms with Gasteiger partial charge in [-0.3, -0.25) is 14.2 Å². The highest BCUT2D eigenvalue weighted by Gasteiger charge is 2.30. The Hall–Kier alpha value is -3.70. The van der Waals surface area contributed by atoms with Crippen molar-refractivity contribution >= 4 is 17.5 Å². The van der Waals surface area contributed by atoms with Gasteiger partial charge in [0.1, 0.15) is 29.9 Å². The van der Waals surface area contributed by atoms with Crippen molar-refractivity contribution in [1.29, 1.82) is 0 Å². The molecule has 1 amide bonds. The highest BCUT2D eigenvalue weighted by atomic mass is 19.4. The molecule has 3 aromatic heterocycles. The third-order valence-corrected chi connectivity index (χ3v) is 5.16. The number of methoxy groups -OCH3 is 1. The predicted molar refractivity (Wildman–Crippen MR) is 116 cm³/mol. The molecule has 188 valence electrons. The number of amides is 1. The van der Waals surface area contributed by atoms with Gasteiger partial charge in [0.15, 0.2) is 11.4 Å². The number of rotatable bonds is 9. The number of aryl methyl sites for hydroxylation is 2. The number of carbonyl (C=O) groups excluding carboxylic acids is 2. The molecule has 0 aliphatic heterocycles. The van der Waals surface area contributed by atoms with Crippen LogP contribution >= 0.6 is 0 Å². The smallest absolute Gasteiger partial charge is 0.389 e. The highest BCUT2D eigenvalue weighted by Crippen LogP contribution is 2.26. The first-order chi connectivity index (χ1) is 16.5. The van der Waals surface area contributed by atoms with Crippen LogP contribution in [0.1, 0.15) is 46.7 Å². The van der Waals surface area contributed by atoms with Crippen LogP contribution in [0.4, 0.5) is 17.6 Å². The largest absolute Gasteiger partial charge is 0.483 e. The van der Waals surface area contributed by atoms with Crippen molar-refractivity contribution in [3.8, 4) is 5.75 Å². The zero-order valence-electron chi connectivity index (χ0n) is 19.3. The molecule has 0 saturated heterocycles. The number of nitrogens with zero attached hydrogens (tertiary/aromatic N) is 3. The maximum absolute atomic E-state index is 13.9. The van der Waals surface area contributed by atoms with Gasteiger partial charge in [-0.25, -0.2) is 14.2 Å². The Morgan fingerprint density at radius 2 is 2.00 bits per heavy atom. The summed E-state index contributed by atoms with van der Waals surface area (Å²) in [5.74, 6) is -1.84. The maximum Gasteiger partial charge on any atom is 0.389 e. The molecular formula is C23H24F4N4O4. The molecule has 1 atom stereocenters. The number of carbonyl (C=O) groups is 2. The third kappa shape index (κ3) is 6.46. The second kappa shape index (κ2) is 10.7. The monoisotopic (exact) mass is 496 g/mol. The van der Waals surface area contributed by atoms with Crippen LogP contribution in [0.25, 0.3) is 5.65 Å². The van der Waals surface area contributed by atoms with Gasteiger partial charge >= 0.3 is 12.1 Å². The SMILES string of the molecule is COC(=O)C(CCCC(F)(F)F)NC(=O)c1c(C)nc2c(OCc3ncccc3F)cc(C)cn12. The van der Waals surface area contributed by atoms with Crippen LogP contribution in [0.5, 0.6) is 5.75 Å². The quantitative estimate of drug-likeness (QED) is 0.355. The standard InChI is InChI=1S/C23H24F4N4O4/c1-13-10-18(35-12-17-15(24)6-5-9-28-17)20-29-14(2)19(31(20)11-13)21(32)30-16(22(33)34-3)7-4-8-23(25,26)27/h5-6,9-11,16H,4,7-8,12H2,1-3H3,(H,30,32). The maximum atomic E-state index is 13.9. The number of esters is 1. The molecule has 0 bridgehead atoms. The number of pyridine rings is 2. The number of aromatic nitrogens is 3. The fourth-order valence-corrected chi connectivity index (χ4v) is 3.53. The molecule has 3 heterocycles. The summed E-state index contributed by atoms with van der Waals surface area (Å²) < 4.78 is 63.3. The van der Waals surface area contributed by atoms with Gasteiger partial charge in [-0.05, 0) is 50.5 Å². The van der Waals surface area contributed by atoms with E-state index in [2.05, 4.69) is 20.0 Å². The first kappa shape index (κ1) is 25.9. The lowest BCUT2D eigenvalue weighted by Crippen LogP contribution is -2.42. The van der Waals surface area contributed by atoms with E-state index in [1.165, 1.54) is 22.7 Å². The van der Waals surface area contributed by atoms with Crippen LogP contribution in [-0.4, -0.2) is 45.6 Å². The fourth-order valence-electron chi connectivity index (χ4n) is 3.53. The van der Waals surface area contributed by atoms with E-state index in [0.29, 0.717) is 11.3 Å². The van der Waals surface area contributed by atoms with E-state index in [1.807, 2.05) is 0 Å². The Bertz CT molecular complexity index is 1230. The summed E-state index contributed by atoms with van der Waals surface area (Å²) in [7, 11) is 1.09. The summed E-state index contributed by atoms with van der Waals surface area (Å²) in [6, 6.07) is 3.11. The number of ether oxygens (including phenoxy) is 2. The molecule has 0 saturated carbocycles. The van der Waals surface area contributed by atoms with E-state index in [4.69, 9.17) is 4.74 Å². The second-order valence-electron chi connectivity index (χ2n) is 7.90. The Morgan fingerprint density at radius 3 is 2.66 bits per heavy atom. The van der Waals surface area contributed by atoms with Crippen LogP contribution < -0.4 is 10.1 Å². The van der Waals surface area contributed by atoms with Crippen LogP contribution in [0.15, 0.2) is 30.6 Å². The molecule has 0 aliphatic carbocycles. The van der Waals surface area contributed by atoms with Crippen LogP contribution in [-0.2, 0) is 16.1 Å². The average molecular weight is 496 g/mol. The molecule has 0 aromatic carbocycles. The van der Waals surface area contributed by atoms with E-state index >= 15 is 0 Å². The third-order valence-electron chi connectivity index (χ3n) is 5.16. The molecule has 3 aromatic rings. The lowest BCUT2D eigenvalue weighted by Gasteiger charge is -2.17. The average Bonchev–Trinajstić information content (AvgIpc) is 3.12. The van der Waals surface area contributed by atoms with Gasteiger partial charge in [0.2, 0.25) is 0 Å². The first-order valence-electron chi connectivity index (χ1n) is 10.7. The molecule has 0 fully saturated rings. The van der Waals surface area contributed by atoms with Crippen LogP contribution in [0.2, 0.25) is 0 Å². The fraction of sp³-hybridized carbons (Fsp3) is 0.391. The van der Waals surface area contributed by atoms with E-state index in [1.54, 1.807) is 26.1 Å². The number of fused-ring (bicyclic) bond motifs is 1. The van der Waals surface area contributed by atoms with Gasteiger partial charge in [-0.2, -0.15) is 13.2 Å². The molecule has 1 N–H and O–H groups in total. The van der Waals surface area contributed by atoms with Crippen molar-refractivity contribution in [1.82, 2.24) is 19.7 Å². The minimum absolute atomic E-state index is 0.0716. The number of hydrogen-bond acceptors (Lipinski definition) is 6. The molecule has 35 heavy (non-hydrogen) atoms. The Kier molecular flexibility index (Phi) is 7.92. The summed E-state index contributed by atoms with van der Waals surface area (Å²) in [6.07, 6.45) is -3.04. The zero-order valence-corrected chi connectivity index (χ0v) is 19.3. The van der Waals surface area contributed by atoms with Crippen molar-refractivity contribution in [3.63, 3.8) is 0 Å². The van der Waals surface area contributed by atoms with Crippen LogP contribution in [0.3, 0.4) is 0 Å². The Morgan fingerprint density at radius 1 is 1.26 bits per heavy atom. The number of hydrogen-bond donors (Lipinski definition) is 1. The molecule has 8 nitrogen and oxygen atoms in total. The molecular weight excluding hydrogens is 472 g/mol. The molecule has 3 rings (SSSR count). The molecule has 0 radical (unpaired) electrons. The summed E-state index contributed by atoms with van der Waals surface area (Å²) in [5, 5.41) is 2.45. The van der Waals surface area contributed by atoms with Gasteiger partial charge < -0.3 is 14.8 Å². The van der Waals surface area contributed by atoms with E-state index in [9.17, 15) is 27.2 Å². The summed E-state index contributed by atoms with van der Waals surface area (Å²) in [5.41, 5.74) is 1.41. The normalized spacial score (nSPS) is 12.4. The Labute approximate surface area is 198 Å². The number of alkyl halides is 3. The van der Waals surface area contributed by atoms with Gasteiger partial charge in [0, 0.05) is 18.8 Å². The minimum Gasteiger partial charge on any atom is -0.483 e. The van der Waals surface area contributed by atoms with E-state index < -0.39 is 36.3 Å². The number of imidazole rings is 1. The zero-order chi connectivity index (χ0) is 25.8. The predicted octanol–water partition coefficient (Wildman–Crippen LogP) is 4.07. The van der Waals surface area contributed by atoms with Crippen molar-refractivity contribution in [2.24, 2.45) is 0 Å². The summed E-state index contributed by atoms with van der Waals surface area (Å²) >= 11 is 0. The van der Waals surface area contributed by atoms with Gasteiger partial charge in [-0.15, -0.1) is 0 Å². The lowest BCUT2D eigenvalue weighted by atomic mass is 10.1. The Balaban J connectivity index is 1.86. The topological polar surface area (TPSA) is 94.8 Å². The van der Waals surface area contributed by atoms with E-state index in [0.717, 1.165) is 7.11 Å². The van der Waals surface area contributed by atoms with Crippen molar-refractivity contribution in [3.05, 3.63) is 59.1 Å². The van der Waals surface area contributed by atoms with Crippen molar-refractivity contribution in [2.75, 3.05) is 7.11 Å². The van der Waals surface area contributed by atoms with Gasteiger partial charge in [-0.1, -0.05) is 0 Å². The summed E-state index contributed by atoms with van der Waals surface area (Å²) in [6.45, 7) is 3.14. The molecule has 12 heteroatoms. The molecule has 1 unspecified atom stereocenters. The minimum atomic E-state index is -4.38. The van der Waals surface area contributed by atoms with E-state index in [-0.39, 0.29) is 42.2 Å². The molecule has 0 aliphatic rings. The highest BCUT2D eigenvalue weighted by molar-refractivity contribution is 5.97. The number of nitrogens with one attached hydrogen (secondary N) is 1. The van der Waals surface area contributed by atoms with Crippen LogP contribution in [0, 0.1) is 19.7 Å².